The Morgan fingerprint density at radius 1 is 0.629 bits per heavy atom. The molecule has 0 aliphatic rings. The predicted molar refractivity (Wildman–Crippen MR) is 146 cm³/mol. The van der Waals surface area contributed by atoms with Gasteiger partial charge in [-0.3, -0.25) is 9.98 Å². The molecule has 0 unspecified atom stereocenters. The maximum atomic E-state index is 6.08. The molecule has 0 spiro atoms. The molecule has 0 atom stereocenters. The van der Waals surface area contributed by atoms with Crippen LogP contribution in [0.1, 0.15) is 30.4 Å². The standard InChI is InChI=1S/C27H42N6O2/c1-32(2)18-5-16-30-26(28)22-8-12-24(13-9-22)34-20-7-21-35-25-14-10-23(11-15-25)27(29)31-17-6-19-33(3)4/h8-15H,5-7,16-21H2,1-4H3,(H2,28,30)(H2,29,31). The van der Waals surface area contributed by atoms with E-state index in [1.54, 1.807) is 0 Å². The van der Waals surface area contributed by atoms with E-state index in [1.807, 2.05) is 48.5 Å². The smallest absolute Gasteiger partial charge is 0.125 e. The summed E-state index contributed by atoms with van der Waals surface area (Å²) >= 11 is 0. The van der Waals surface area contributed by atoms with Crippen LogP contribution in [0.3, 0.4) is 0 Å². The second kappa shape index (κ2) is 15.7. The maximum absolute atomic E-state index is 6.08. The number of hydrogen-bond acceptors (Lipinski definition) is 6. The molecule has 8 heteroatoms. The molecule has 0 radical (unpaired) electrons. The van der Waals surface area contributed by atoms with E-state index in [1.165, 1.54) is 0 Å². The molecule has 0 heterocycles. The minimum Gasteiger partial charge on any atom is -0.493 e. The fourth-order valence-corrected chi connectivity index (χ4v) is 3.24. The number of rotatable bonds is 16. The third-order valence-electron chi connectivity index (χ3n) is 5.22. The largest absolute Gasteiger partial charge is 0.493 e. The van der Waals surface area contributed by atoms with Crippen molar-refractivity contribution in [2.75, 3.05) is 67.6 Å². The number of nitrogens with zero attached hydrogens (tertiary/aromatic N) is 4. The lowest BCUT2D eigenvalue weighted by Gasteiger charge is -2.10. The Kier molecular flexibility index (Phi) is 12.7. The van der Waals surface area contributed by atoms with Crippen molar-refractivity contribution in [2.45, 2.75) is 19.3 Å². The summed E-state index contributed by atoms with van der Waals surface area (Å²) in [4.78, 5) is 13.2. The summed E-state index contributed by atoms with van der Waals surface area (Å²) in [6, 6.07) is 15.4. The first-order valence-electron chi connectivity index (χ1n) is 12.2. The van der Waals surface area contributed by atoms with Gasteiger partial charge in [-0.1, -0.05) is 0 Å². The van der Waals surface area contributed by atoms with Crippen molar-refractivity contribution in [3.63, 3.8) is 0 Å². The summed E-state index contributed by atoms with van der Waals surface area (Å²) in [6.07, 6.45) is 2.75. The van der Waals surface area contributed by atoms with Gasteiger partial charge in [0.1, 0.15) is 23.2 Å². The molecule has 0 bridgehead atoms. The van der Waals surface area contributed by atoms with E-state index in [9.17, 15) is 0 Å². The Hall–Kier alpha value is -3.10. The highest BCUT2D eigenvalue weighted by Crippen LogP contribution is 2.14. The van der Waals surface area contributed by atoms with Gasteiger partial charge in [0.2, 0.25) is 0 Å². The van der Waals surface area contributed by atoms with Gasteiger partial charge in [0.15, 0.2) is 0 Å². The van der Waals surface area contributed by atoms with Gasteiger partial charge in [-0.05, 0) is 103 Å². The summed E-state index contributed by atoms with van der Waals surface area (Å²) in [5.41, 5.74) is 14.0. The molecule has 0 aromatic heterocycles. The third-order valence-corrected chi connectivity index (χ3v) is 5.22. The summed E-state index contributed by atoms with van der Waals surface area (Å²) in [7, 11) is 8.21. The Balaban J connectivity index is 1.66. The molecule has 0 aliphatic heterocycles. The molecule has 0 aliphatic carbocycles. The fraction of sp³-hybridized carbons (Fsp3) is 0.481. The molecule has 2 aromatic carbocycles. The van der Waals surface area contributed by atoms with Gasteiger partial charge < -0.3 is 30.7 Å². The van der Waals surface area contributed by atoms with Crippen LogP contribution < -0.4 is 20.9 Å². The lowest BCUT2D eigenvalue weighted by atomic mass is 10.2. The van der Waals surface area contributed by atoms with E-state index >= 15 is 0 Å². The van der Waals surface area contributed by atoms with Gasteiger partial charge in [-0.15, -0.1) is 0 Å². The van der Waals surface area contributed by atoms with Crippen molar-refractivity contribution >= 4 is 11.7 Å². The van der Waals surface area contributed by atoms with Crippen LogP contribution in [0.4, 0.5) is 0 Å². The van der Waals surface area contributed by atoms with Gasteiger partial charge in [0, 0.05) is 30.6 Å². The van der Waals surface area contributed by atoms with E-state index in [2.05, 4.69) is 48.0 Å². The predicted octanol–water partition coefficient (Wildman–Crippen LogP) is 2.85. The monoisotopic (exact) mass is 482 g/mol. The molecular formula is C27H42N6O2. The topological polar surface area (TPSA) is 102 Å². The molecule has 35 heavy (non-hydrogen) atoms. The molecule has 8 nitrogen and oxygen atoms in total. The zero-order chi connectivity index (χ0) is 25.5. The fourth-order valence-electron chi connectivity index (χ4n) is 3.24. The van der Waals surface area contributed by atoms with Crippen molar-refractivity contribution in [2.24, 2.45) is 21.5 Å². The van der Waals surface area contributed by atoms with Gasteiger partial charge in [0.25, 0.3) is 0 Å². The summed E-state index contributed by atoms with van der Waals surface area (Å²) in [5.74, 6) is 2.73. The van der Waals surface area contributed by atoms with Gasteiger partial charge >= 0.3 is 0 Å². The van der Waals surface area contributed by atoms with Crippen LogP contribution in [0.15, 0.2) is 58.5 Å². The van der Waals surface area contributed by atoms with Gasteiger partial charge in [0.05, 0.1) is 13.2 Å². The molecule has 4 N–H and O–H groups in total. The average molecular weight is 483 g/mol. The summed E-state index contributed by atoms with van der Waals surface area (Å²) in [6.45, 7) is 4.58. The molecule has 0 amide bonds. The van der Waals surface area contributed by atoms with Crippen molar-refractivity contribution in [3.05, 3.63) is 59.7 Å². The normalized spacial score (nSPS) is 12.4. The summed E-state index contributed by atoms with van der Waals surface area (Å²) < 4.78 is 11.6. The number of amidine groups is 2. The minimum atomic E-state index is 0.562. The molecule has 0 saturated heterocycles. The highest BCUT2D eigenvalue weighted by Gasteiger charge is 2.02. The first-order chi connectivity index (χ1) is 16.8. The van der Waals surface area contributed by atoms with Crippen molar-refractivity contribution < 1.29 is 9.47 Å². The van der Waals surface area contributed by atoms with Crippen LogP contribution in [-0.4, -0.2) is 89.1 Å². The van der Waals surface area contributed by atoms with E-state index in [-0.39, 0.29) is 0 Å². The summed E-state index contributed by atoms with van der Waals surface area (Å²) in [5, 5.41) is 0. The van der Waals surface area contributed by atoms with Crippen LogP contribution in [0.2, 0.25) is 0 Å². The Bertz CT molecular complexity index is 833. The Labute approximate surface area is 210 Å². The zero-order valence-corrected chi connectivity index (χ0v) is 21.7. The van der Waals surface area contributed by atoms with Crippen LogP contribution in [-0.2, 0) is 0 Å². The molecule has 0 saturated carbocycles. The Morgan fingerprint density at radius 3 is 1.34 bits per heavy atom. The van der Waals surface area contributed by atoms with E-state index in [0.29, 0.717) is 24.9 Å². The average Bonchev–Trinajstić information content (AvgIpc) is 2.84. The van der Waals surface area contributed by atoms with Crippen molar-refractivity contribution in [1.82, 2.24) is 9.80 Å². The Morgan fingerprint density at radius 2 is 1.00 bits per heavy atom. The molecule has 192 valence electrons. The van der Waals surface area contributed by atoms with E-state index < -0.39 is 0 Å². The lowest BCUT2D eigenvalue weighted by Crippen LogP contribution is -2.17. The maximum Gasteiger partial charge on any atom is 0.125 e. The lowest BCUT2D eigenvalue weighted by molar-refractivity contribution is 0.247. The first kappa shape index (κ1) is 28.1. The van der Waals surface area contributed by atoms with Gasteiger partial charge in [-0.2, -0.15) is 0 Å². The quantitative estimate of drug-likeness (QED) is 0.217. The number of aliphatic imine (C=N–C) groups is 2. The molecular weight excluding hydrogens is 440 g/mol. The second-order valence-corrected chi connectivity index (χ2v) is 8.95. The second-order valence-electron chi connectivity index (χ2n) is 8.95. The highest BCUT2D eigenvalue weighted by atomic mass is 16.5. The minimum absolute atomic E-state index is 0.562. The number of benzene rings is 2. The number of ether oxygens (including phenoxy) is 2. The number of hydrogen-bond donors (Lipinski definition) is 2. The molecule has 2 rings (SSSR count). The van der Waals surface area contributed by atoms with E-state index in [0.717, 1.165) is 68.1 Å². The zero-order valence-electron chi connectivity index (χ0n) is 21.7. The van der Waals surface area contributed by atoms with Crippen LogP contribution in [0.5, 0.6) is 11.5 Å². The van der Waals surface area contributed by atoms with Crippen LogP contribution in [0, 0.1) is 0 Å². The van der Waals surface area contributed by atoms with Gasteiger partial charge in [-0.25, -0.2) is 0 Å². The SMILES string of the molecule is CN(C)CCCN=C(N)c1ccc(OCCCOc2ccc(C(N)=NCCCN(C)C)cc2)cc1. The van der Waals surface area contributed by atoms with Crippen LogP contribution >= 0.6 is 0 Å². The molecule has 0 fully saturated rings. The van der Waals surface area contributed by atoms with Crippen molar-refractivity contribution in [1.29, 1.82) is 0 Å². The van der Waals surface area contributed by atoms with E-state index in [4.69, 9.17) is 20.9 Å². The first-order valence-corrected chi connectivity index (χ1v) is 12.2. The third kappa shape index (κ3) is 11.7. The van der Waals surface area contributed by atoms with Crippen molar-refractivity contribution in [3.8, 4) is 11.5 Å². The highest BCUT2D eigenvalue weighted by molar-refractivity contribution is 5.98. The van der Waals surface area contributed by atoms with Crippen LogP contribution in [0.25, 0.3) is 0 Å². The number of nitrogens with two attached hydrogens (primary N) is 2. The molecule has 2 aromatic rings.